The average Bonchev–Trinajstić information content (AvgIpc) is 3.14. The first-order valence-corrected chi connectivity index (χ1v) is 11.8. The zero-order chi connectivity index (χ0) is 21.8. The molecule has 0 bridgehead atoms. The van der Waals surface area contributed by atoms with E-state index in [4.69, 9.17) is 10.8 Å². The SMILES string of the molecule is CCN(CC)c1cc2c(cc1C(=O)CCc1ccccc1)nc(C1CCCCC1)n2N. The number of carbonyl (C=O) groups is 1. The van der Waals surface area contributed by atoms with Gasteiger partial charge in [-0.15, -0.1) is 0 Å². The lowest BCUT2D eigenvalue weighted by Crippen LogP contribution is -2.24. The van der Waals surface area contributed by atoms with Crippen molar-refractivity contribution >= 4 is 22.5 Å². The maximum Gasteiger partial charge on any atom is 0.165 e. The lowest BCUT2D eigenvalue weighted by atomic mass is 9.89. The summed E-state index contributed by atoms with van der Waals surface area (Å²) >= 11 is 0. The highest BCUT2D eigenvalue weighted by atomic mass is 16.1. The quantitative estimate of drug-likeness (QED) is 0.390. The Balaban J connectivity index is 1.71. The van der Waals surface area contributed by atoms with Crippen LogP contribution in [0, 0.1) is 0 Å². The van der Waals surface area contributed by atoms with E-state index in [-0.39, 0.29) is 5.78 Å². The van der Waals surface area contributed by atoms with Gasteiger partial charge in [-0.1, -0.05) is 49.6 Å². The molecule has 0 atom stereocenters. The van der Waals surface area contributed by atoms with Crippen molar-refractivity contribution in [3.05, 3.63) is 59.4 Å². The lowest BCUT2D eigenvalue weighted by molar-refractivity contribution is 0.0983. The lowest BCUT2D eigenvalue weighted by Gasteiger charge is -2.24. The number of anilines is 1. The highest BCUT2D eigenvalue weighted by molar-refractivity contribution is 6.05. The molecule has 0 aliphatic heterocycles. The van der Waals surface area contributed by atoms with E-state index in [9.17, 15) is 4.79 Å². The summed E-state index contributed by atoms with van der Waals surface area (Å²) in [6, 6.07) is 14.3. The highest BCUT2D eigenvalue weighted by Crippen LogP contribution is 2.35. The van der Waals surface area contributed by atoms with E-state index >= 15 is 0 Å². The molecule has 0 saturated heterocycles. The molecular formula is C26H34N4O. The van der Waals surface area contributed by atoms with Gasteiger partial charge in [0.05, 0.1) is 11.0 Å². The molecular weight excluding hydrogens is 384 g/mol. The zero-order valence-electron chi connectivity index (χ0n) is 18.8. The number of ketones is 1. The molecule has 0 spiro atoms. The van der Waals surface area contributed by atoms with Crippen LogP contribution in [0.25, 0.3) is 11.0 Å². The molecule has 1 aliphatic carbocycles. The summed E-state index contributed by atoms with van der Waals surface area (Å²) in [6.45, 7) is 5.93. The molecule has 164 valence electrons. The van der Waals surface area contributed by atoms with Crippen LogP contribution in [0.1, 0.15) is 80.0 Å². The summed E-state index contributed by atoms with van der Waals surface area (Å²) in [4.78, 5) is 20.5. The molecule has 1 aliphatic rings. The van der Waals surface area contributed by atoms with Gasteiger partial charge in [0, 0.05) is 36.7 Å². The van der Waals surface area contributed by atoms with Crippen LogP contribution in [0.15, 0.2) is 42.5 Å². The van der Waals surface area contributed by atoms with Crippen LogP contribution < -0.4 is 10.7 Å². The molecule has 4 rings (SSSR count). The average molecular weight is 419 g/mol. The van der Waals surface area contributed by atoms with Crippen LogP contribution in [-0.2, 0) is 6.42 Å². The molecule has 31 heavy (non-hydrogen) atoms. The number of nitrogens with zero attached hydrogens (tertiary/aromatic N) is 3. The van der Waals surface area contributed by atoms with Crippen LogP contribution in [0.4, 0.5) is 5.69 Å². The van der Waals surface area contributed by atoms with Crippen molar-refractivity contribution in [1.82, 2.24) is 9.66 Å². The molecule has 2 aromatic carbocycles. The van der Waals surface area contributed by atoms with Crippen LogP contribution in [0.2, 0.25) is 0 Å². The van der Waals surface area contributed by atoms with E-state index in [0.717, 1.165) is 60.5 Å². The van der Waals surface area contributed by atoms with Gasteiger partial charge in [-0.25, -0.2) is 9.66 Å². The van der Waals surface area contributed by atoms with Gasteiger partial charge in [-0.05, 0) is 50.8 Å². The predicted octanol–water partition coefficient (Wildman–Crippen LogP) is 5.46. The number of hydrogen-bond acceptors (Lipinski definition) is 4. The normalized spacial score (nSPS) is 14.8. The van der Waals surface area contributed by atoms with E-state index in [0.29, 0.717) is 12.3 Å². The van der Waals surface area contributed by atoms with Crippen molar-refractivity contribution in [2.24, 2.45) is 0 Å². The van der Waals surface area contributed by atoms with Gasteiger partial charge in [0.1, 0.15) is 5.82 Å². The second-order valence-electron chi connectivity index (χ2n) is 8.61. The first-order chi connectivity index (χ1) is 15.1. The van der Waals surface area contributed by atoms with Gasteiger partial charge in [0.2, 0.25) is 0 Å². The van der Waals surface area contributed by atoms with E-state index in [1.165, 1.54) is 24.8 Å². The molecule has 5 nitrogen and oxygen atoms in total. The first kappa shape index (κ1) is 21.4. The Kier molecular flexibility index (Phi) is 6.59. The van der Waals surface area contributed by atoms with Crippen LogP contribution in [-0.4, -0.2) is 28.5 Å². The number of aryl methyl sites for hydroxylation is 1. The van der Waals surface area contributed by atoms with Gasteiger partial charge in [0.15, 0.2) is 5.78 Å². The summed E-state index contributed by atoms with van der Waals surface area (Å²) in [5.74, 6) is 8.08. The van der Waals surface area contributed by atoms with Crippen molar-refractivity contribution in [2.45, 2.75) is 64.7 Å². The standard InChI is InChI=1S/C26H34N4O/c1-3-29(4-2)23-18-24-22(28-26(30(24)27)20-13-9-6-10-14-20)17-21(23)25(31)16-15-19-11-7-5-8-12-19/h5,7-8,11-12,17-18,20H,3-4,6,9-10,13-16,27H2,1-2H3. The molecule has 3 aromatic rings. The summed E-state index contributed by atoms with van der Waals surface area (Å²) in [7, 11) is 0. The van der Waals surface area contributed by atoms with Crippen molar-refractivity contribution in [3.8, 4) is 0 Å². The summed E-state index contributed by atoms with van der Waals surface area (Å²) in [5.41, 5.74) is 4.68. The number of carbonyl (C=O) groups excluding carboxylic acids is 1. The largest absolute Gasteiger partial charge is 0.371 e. The van der Waals surface area contributed by atoms with Crippen LogP contribution >= 0.6 is 0 Å². The minimum Gasteiger partial charge on any atom is -0.371 e. The maximum absolute atomic E-state index is 13.3. The minimum absolute atomic E-state index is 0.165. The van der Waals surface area contributed by atoms with Crippen molar-refractivity contribution in [1.29, 1.82) is 0 Å². The maximum atomic E-state index is 13.3. The van der Waals surface area contributed by atoms with Gasteiger partial charge >= 0.3 is 0 Å². The Morgan fingerprint density at radius 3 is 2.48 bits per heavy atom. The van der Waals surface area contributed by atoms with Gasteiger partial charge in [0.25, 0.3) is 0 Å². The Hall–Kier alpha value is -2.82. The van der Waals surface area contributed by atoms with Crippen molar-refractivity contribution < 1.29 is 4.79 Å². The molecule has 1 fully saturated rings. The summed E-state index contributed by atoms with van der Waals surface area (Å²) in [5, 5.41) is 0. The first-order valence-electron chi connectivity index (χ1n) is 11.8. The number of Topliss-reactive ketones (excluding diaryl/α,β-unsaturated/α-hetero) is 1. The molecule has 0 unspecified atom stereocenters. The van der Waals surface area contributed by atoms with Crippen LogP contribution in [0.5, 0.6) is 0 Å². The summed E-state index contributed by atoms with van der Waals surface area (Å²) in [6.07, 6.45) is 7.30. The number of nitrogens with two attached hydrogens (primary N) is 1. The molecule has 0 amide bonds. The number of fused-ring (bicyclic) bond motifs is 1. The molecule has 2 N–H and O–H groups in total. The number of aromatic nitrogens is 2. The van der Waals surface area contributed by atoms with Crippen molar-refractivity contribution in [2.75, 3.05) is 23.8 Å². The smallest absolute Gasteiger partial charge is 0.165 e. The fourth-order valence-corrected chi connectivity index (χ4v) is 4.88. The van der Waals surface area contributed by atoms with Gasteiger partial charge in [-0.2, -0.15) is 0 Å². The van der Waals surface area contributed by atoms with Gasteiger partial charge in [-0.3, -0.25) is 4.79 Å². The predicted molar refractivity (Wildman–Crippen MR) is 128 cm³/mol. The number of rotatable bonds is 8. The zero-order valence-corrected chi connectivity index (χ0v) is 18.8. The number of hydrogen-bond donors (Lipinski definition) is 1. The molecule has 1 aromatic heterocycles. The number of nitrogen functional groups attached to an aromatic ring is 1. The highest BCUT2D eigenvalue weighted by Gasteiger charge is 2.24. The molecule has 0 radical (unpaired) electrons. The van der Waals surface area contributed by atoms with E-state index in [1.807, 2.05) is 24.3 Å². The van der Waals surface area contributed by atoms with Gasteiger partial charge < -0.3 is 10.7 Å². The Morgan fingerprint density at radius 1 is 1.10 bits per heavy atom. The second-order valence-corrected chi connectivity index (χ2v) is 8.61. The third-order valence-electron chi connectivity index (χ3n) is 6.69. The monoisotopic (exact) mass is 418 g/mol. The number of benzene rings is 2. The third kappa shape index (κ3) is 4.46. The molecule has 5 heteroatoms. The third-order valence-corrected chi connectivity index (χ3v) is 6.69. The molecule has 1 heterocycles. The van der Waals surface area contributed by atoms with Crippen molar-refractivity contribution in [3.63, 3.8) is 0 Å². The van der Waals surface area contributed by atoms with Crippen LogP contribution in [0.3, 0.4) is 0 Å². The summed E-state index contributed by atoms with van der Waals surface area (Å²) < 4.78 is 1.77. The van der Waals surface area contributed by atoms with E-state index in [1.54, 1.807) is 4.68 Å². The van der Waals surface area contributed by atoms with E-state index in [2.05, 4.69) is 36.9 Å². The Labute approximate surface area is 185 Å². The fraction of sp³-hybridized carbons (Fsp3) is 0.462. The Morgan fingerprint density at radius 2 is 1.81 bits per heavy atom. The molecule has 1 saturated carbocycles. The topological polar surface area (TPSA) is 64.2 Å². The fourth-order valence-electron chi connectivity index (χ4n) is 4.88. The van der Waals surface area contributed by atoms with E-state index < -0.39 is 0 Å². The minimum atomic E-state index is 0.165. The second kappa shape index (κ2) is 9.54. The Bertz CT molecular complexity index is 1030. The number of imidazole rings is 1.